The fraction of sp³-hybridized carbons (Fsp3) is 0.500. The first-order chi connectivity index (χ1) is 10.3. The Kier molecular flexibility index (Phi) is 5.16. The smallest absolute Gasteiger partial charge is 0.243 e. The van der Waals surface area contributed by atoms with E-state index in [9.17, 15) is 0 Å². The van der Waals surface area contributed by atoms with Crippen molar-refractivity contribution in [2.75, 3.05) is 23.0 Å². The van der Waals surface area contributed by atoms with Gasteiger partial charge in [0.2, 0.25) is 11.7 Å². The van der Waals surface area contributed by atoms with E-state index in [1.807, 2.05) is 35.7 Å². The molecule has 21 heavy (non-hydrogen) atoms. The van der Waals surface area contributed by atoms with E-state index in [4.69, 9.17) is 4.52 Å². The summed E-state index contributed by atoms with van der Waals surface area (Å²) in [6, 6.07) is 4.35. The molecule has 7 heteroatoms. The van der Waals surface area contributed by atoms with Crippen molar-refractivity contribution in [3.63, 3.8) is 0 Å². The van der Waals surface area contributed by atoms with E-state index < -0.39 is 0 Å². The Morgan fingerprint density at radius 3 is 2.86 bits per heavy atom. The summed E-state index contributed by atoms with van der Waals surface area (Å²) in [5.74, 6) is 5.98. The maximum Gasteiger partial charge on any atom is 0.243 e. The second kappa shape index (κ2) is 7.29. The lowest BCUT2D eigenvalue weighted by Crippen LogP contribution is -2.35. The van der Waals surface area contributed by atoms with Gasteiger partial charge in [-0.05, 0) is 19.1 Å². The molecule has 0 unspecified atom stereocenters. The van der Waals surface area contributed by atoms with E-state index in [-0.39, 0.29) is 6.04 Å². The lowest BCUT2D eigenvalue weighted by atomic mass is 10.2. The molecule has 1 saturated heterocycles. The van der Waals surface area contributed by atoms with Gasteiger partial charge in [-0.2, -0.15) is 28.5 Å². The quantitative estimate of drug-likeness (QED) is 0.928. The van der Waals surface area contributed by atoms with Gasteiger partial charge >= 0.3 is 0 Å². The zero-order valence-corrected chi connectivity index (χ0v) is 13.5. The van der Waals surface area contributed by atoms with E-state index in [1.165, 1.54) is 11.5 Å². The Labute approximate surface area is 132 Å². The number of rotatable bonds is 4. The molecule has 2 aromatic rings. The van der Waals surface area contributed by atoms with Crippen molar-refractivity contribution in [3.05, 3.63) is 30.4 Å². The molecular formula is C14H18N4OS2. The third-order valence-electron chi connectivity index (χ3n) is 3.23. The Hall–Kier alpha value is -1.05. The zero-order chi connectivity index (χ0) is 14.5. The van der Waals surface area contributed by atoms with E-state index in [1.54, 1.807) is 12.4 Å². The van der Waals surface area contributed by atoms with Gasteiger partial charge < -0.3 is 9.84 Å². The van der Waals surface area contributed by atoms with Crippen molar-refractivity contribution < 1.29 is 4.52 Å². The van der Waals surface area contributed by atoms with Gasteiger partial charge in [0.25, 0.3) is 0 Å². The summed E-state index contributed by atoms with van der Waals surface area (Å²) in [5, 5.41) is 7.63. The molecular weight excluding hydrogens is 304 g/mol. The molecule has 1 aliphatic heterocycles. The molecule has 5 nitrogen and oxygen atoms in total. The van der Waals surface area contributed by atoms with Gasteiger partial charge in [0.1, 0.15) is 0 Å². The monoisotopic (exact) mass is 322 g/mol. The molecule has 0 aliphatic carbocycles. The van der Waals surface area contributed by atoms with E-state index >= 15 is 0 Å². The van der Waals surface area contributed by atoms with Crippen molar-refractivity contribution in [1.29, 1.82) is 0 Å². The average Bonchev–Trinajstić information content (AvgIpc) is 2.88. The highest BCUT2D eigenvalue weighted by Crippen LogP contribution is 2.21. The first-order valence-electron chi connectivity index (χ1n) is 6.98. The van der Waals surface area contributed by atoms with Crippen molar-refractivity contribution in [2.24, 2.45) is 0 Å². The van der Waals surface area contributed by atoms with Gasteiger partial charge in [-0.15, -0.1) is 0 Å². The molecule has 0 saturated carbocycles. The lowest BCUT2D eigenvalue weighted by molar-refractivity contribution is 0.332. The lowest BCUT2D eigenvalue weighted by Gasteiger charge is -2.18. The van der Waals surface area contributed by atoms with Gasteiger partial charge in [-0.1, -0.05) is 5.16 Å². The van der Waals surface area contributed by atoms with Crippen LogP contribution in [0.25, 0.3) is 11.4 Å². The van der Waals surface area contributed by atoms with Crippen LogP contribution in [0.15, 0.2) is 29.0 Å². The number of nitrogens with zero attached hydrogens (tertiary/aromatic N) is 3. The Bertz CT molecular complexity index is 555. The summed E-state index contributed by atoms with van der Waals surface area (Å²) >= 11 is 4.01. The van der Waals surface area contributed by atoms with Crippen LogP contribution in [0.5, 0.6) is 0 Å². The molecule has 3 rings (SSSR count). The third-order valence-corrected chi connectivity index (χ3v) is 5.75. The summed E-state index contributed by atoms with van der Waals surface area (Å²) in [6.07, 6.45) is 3.47. The van der Waals surface area contributed by atoms with Gasteiger partial charge in [0, 0.05) is 47.0 Å². The normalized spacial score (nSPS) is 18.3. The highest BCUT2D eigenvalue weighted by atomic mass is 32.2. The van der Waals surface area contributed by atoms with Crippen molar-refractivity contribution >= 4 is 23.5 Å². The average molecular weight is 322 g/mol. The van der Waals surface area contributed by atoms with E-state index in [0.29, 0.717) is 17.8 Å². The van der Waals surface area contributed by atoms with Crippen LogP contribution >= 0.6 is 23.5 Å². The predicted molar refractivity (Wildman–Crippen MR) is 87.5 cm³/mol. The Morgan fingerprint density at radius 2 is 2.14 bits per heavy atom. The molecule has 0 radical (unpaired) electrons. The van der Waals surface area contributed by atoms with E-state index in [2.05, 4.69) is 27.4 Å². The number of hydrogen-bond donors (Lipinski definition) is 1. The molecule has 1 fully saturated rings. The van der Waals surface area contributed by atoms with Crippen LogP contribution in [-0.2, 0) is 0 Å². The van der Waals surface area contributed by atoms with Crippen LogP contribution in [0, 0.1) is 0 Å². The van der Waals surface area contributed by atoms with Crippen molar-refractivity contribution in [3.8, 4) is 11.4 Å². The maximum atomic E-state index is 5.39. The first kappa shape index (κ1) is 14.9. The molecule has 0 spiro atoms. The molecule has 3 heterocycles. The van der Waals surface area contributed by atoms with E-state index in [0.717, 1.165) is 17.1 Å². The largest absolute Gasteiger partial charge is 0.337 e. The van der Waals surface area contributed by atoms with Crippen molar-refractivity contribution in [1.82, 2.24) is 20.4 Å². The number of pyridine rings is 1. The molecule has 2 aromatic heterocycles. The van der Waals surface area contributed by atoms with Crippen LogP contribution in [-0.4, -0.2) is 44.2 Å². The minimum Gasteiger partial charge on any atom is -0.337 e. The summed E-state index contributed by atoms with van der Waals surface area (Å²) in [4.78, 5) is 8.55. The molecule has 0 amide bonds. The second-order valence-corrected chi connectivity index (χ2v) is 7.23. The molecule has 1 atom stereocenters. The van der Waals surface area contributed by atoms with Crippen LogP contribution < -0.4 is 5.32 Å². The Morgan fingerprint density at radius 1 is 1.33 bits per heavy atom. The molecule has 0 aromatic carbocycles. The Balaban J connectivity index is 1.65. The molecule has 0 bridgehead atoms. The second-order valence-electron chi connectivity index (χ2n) is 4.93. The summed E-state index contributed by atoms with van der Waals surface area (Å²) in [5.41, 5.74) is 0.875. The van der Waals surface area contributed by atoms with Crippen LogP contribution in [0.2, 0.25) is 0 Å². The topological polar surface area (TPSA) is 63.8 Å². The van der Waals surface area contributed by atoms with Gasteiger partial charge in [-0.25, -0.2) is 0 Å². The third kappa shape index (κ3) is 3.99. The van der Waals surface area contributed by atoms with Gasteiger partial charge in [-0.3, -0.25) is 4.98 Å². The highest BCUT2D eigenvalue weighted by molar-refractivity contribution is 8.03. The fourth-order valence-electron chi connectivity index (χ4n) is 2.16. The van der Waals surface area contributed by atoms with Gasteiger partial charge in [0.05, 0.1) is 6.04 Å². The maximum absolute atomic E-state index is 5.39. The summed E-state index contributed by atoms with van der Waals surface area (Å²) < 4.78 is 5.39. The number of nitrogens with one attached hydrogen (secondary N) is 1. The standard InChI is InChI=1S/C14H18N4OS2/c1-10(16-12-8-20-5-6-21-9-12)14-17-13(18-19-14)11-3-2-4-15-7-11/h2-4,7,10,12,16H,5-6,8-9H2,1H3/t10-/m1/s1. The minimum atomic E-state index is 0.0622. The zero-order valence-electron chi connectivity index (χ0n) is 11.9. The molecule has 112 valence electrons. The first-order valence-corrected chi connectivity index (χ1v) is 9.29. The SMILES string of the molecule is C[C@@H](NC1CSCCSC1)c1nc(-c2cccnc2)no1. The minimum absolute atomic E-state index is 0.0622. The van der Waals surface area contributed by atoms with Crippen LogP contribution in [0.4, 0.5) is 0 Å². The summed E-state index contributed by atoms with van der Waals surface area (Å²) in [7, 11) is 0. The van der Waals surface area contributed by atoms with Gasteiger partial charge in [0.15, 0.2) is 0 Å². The molecule has 1 N–H and O–H groups in total. The number of aromatic nitrogens is 3. The van der Waals surface area contributed by atoms with Crippen molar-refractivity contribution in [2.45, 2.75) is 19.0 Å². The fourth-order valence-corrected chi connectivity index (χ4v) is 4.58. The molecule has 1 aliphatic rings. The number of hydrogen-bond acceptors (Lipinski definition) is 7. The van der Waals surface area contributed by atoms with Crippen LogP contribution in [0.1, 0.15) is 18.9 Å². The van der Waals surface area contributed by atoms with Crippen LogP contribution in [0.3, 0.4) is 0 Å². The highest BCUT2D eigenvalue weighted by Gasteiger charge is 2.20. The predicted octanol–water partition coefficient (Wildman–Crippen LogP) is 2.63. The summed E-state index contributed by atoms with van der Waals surface area (Å²) in [6.45, 7) is 2.07. The number of thioether (sulfide) groups is 2.